The molecule has 0 unspecified atom stereocenters. The van der Waals surface area contributed by atoms with Crippen molar-refractivity contribution in [2.75, 3.05) is 0 Å². The van der Waals surface area contributed by atoms with Gasteiger partial charge in [0.25, 0.3) is 0 Å². The molecule has 0 spiro atoms. The van der Waals surface area contributed by atoms with Crippen LogP contribution in [0.25, 0.3) is 92.2 Å². The molecular formula is C37H20N2O2S. The average molecular weight is 557 g/mol. The molecule has 0 amide bonds. The molecule has 0 aliphatic rings. The lowest BCUT2D eigenvalue weighted by molar-refractivity contribution is 0.577. The van der Waals surface area contributed by atoms with Crippen LogP contribution in [0.4, 0.5) is 0 Å². The maximum absolute atomic E-state index is 6.77. The molecule has 0 radical (unpaired) electrons. The Bertz CT molecular complexity index is 2690. The van der Waals surface area contributed by atoms with Crippen LogP contribution in [0.3, 0.4) is 0 Å². The van der Waals surface area contributed by atoms with Gasteiger partial charge in [0.2, 0.25) is 0 Å². The lowest BCUT2D eigenvalue weighted by Gasteiger charge is -2.03. The van der Waals surface area contributed by atoms with E-state index >= 15 is 0 Å². The van der Waals surface area contributed by atoms with Crippen molar-refractivity contribution >= 4 is 86.4 Å². The number of hydrogen-bond acceptors (Lipinski definition) is 4. The van der Waals surface area contributed by atoms with Crippen molar-refractivity contribution < 1.29 is 8.83 Å². The van der Waals surface area contributed by atoms with E-state index in [9.17, 15) is 0 Å². The Hall–Kier alpha value is -5.39. The van der Waals surface area contributed by atoms with Crippen LogP contribution in [0, 0.1) is 0 Å². The molecule has 4 heterocycles. The first-order valence-corrected chi connectivity index (χ1v) is 14.8. The summed E-state index contributed by atoms with van der Waals surface area (Å²) in [5.74, 6) is 0. The van der Waals surface area contributed by atoms with E-state index in [1.165, 1.54) is 30.9 Å². The highest BCUT2D eigenvalue weighted by atomic mass is 32.1. The number of aromatic nitrogens is 2. The number of benzene rings is 6. The minimum atomic E-state index is 0.558. The molecule has 6 aromatic carbocycles. The van der Waals surface area contributed by atoms with Gasteiger partial charge in [-0.05, 0) is 47.5 Å². The fourth-order valence-corrected chi connectivity index (χ4v) is 7.81. The van der Waals surface area contributed by atoms with E-state index in [1.54, 1.807) is 0 Å². The van der Waals surface area contributed by atoms with Gasteiger partial charge in [-0.1, -0.05) is 84.9 Å². The van der Waals surface area contributed by atoms with Crippen molar-refractivity contribution in [1.82, 2.24) is 9.55 Å². The van der Waals surface area contributed by atoms with Crippen LogP contribution in [-0.4, -0.2) is 9.55 Å². The van der Waals surface area contributed by atoms with Gasteiger partial charge in [0.05, 0.1) is 21.1 Å². The van der Waals surface area contributed by atoms with E-state index in [4.69, 9.17) is 13.8 Å². The summed E-state index contributed by atoms with van der Waals surface area (Å²) >= 11 is 1.82. The first kappa shape index (κ1) is 22.3. The zero-order chi connectivity index (χ0) is 27.4. The monoisotopic (exact) mass is 556 g/mol. The Kier molecular flexibility index (Phi) is 4.30. The van der Waals surface area contributed by atoms with Gasteiger partial charge in [0, 0.05) is 31.6 Å². The summed E-state index contributed by atoms with van der Waals surface area (Å²) in [4.78, 5) is 5.09. The zero-order valence-electron chi connectivity index (χ0n) is 22.2. The Morgan fingerprint density at radius 1 is 0.571 bits per heavy atom. The smallest absolute Gasteiger partial charge is 0.307 e. The predicted octanol–water partition coefficient (Wildman–Crippen LogP) is 10.9. The standard InChI is InChI=1S/C37H20N2O2S/c1-2-8-21(9-3-1)22-14-18-30-27(20-22)33-31(40-30)19-17-28-35(33)41-37(38-28)39-29-12-6-4-10-23(29)25-15-16-26-24-11-5-7-13-32(24)42-36(26)34(25)39/h1-20H. The van der Waals surface area contributed by atoms with Crippen LogP contribution in [0.15, 0.2) is 130 Å². The largest absolute Gasteiger partial charge is 0.456 e. The third-order valence-electron chi connectivity index (χ3n) is 8.45. The second kappa shape index (κ2) is 8.09. The maximum atomic E-state index is 6.77. The van der Waals surface area contributed by atoms with E-state index in [2.05, 4.69) is 102 Å². The number of oxazole rings is 1. The second-order valence-electron chi connectivity index (χ2n) is 10.8. The molecule has 0 fully saturated rings. The summed E-state index contributed by atoms with van der Waals surface area (Å²) in [6.07, 6.45) is 0. The van der Waals surface area contributed by atoms with Gasteiger partial charge >= 0.3 is 6.01 Å². The van der Waals surface area contributed by atoms with Gasteiger partial charge in [-0.25, -0.2) is 0 Å². The zero-order valence-corrected chi connectivity index (χ0v) is 23.0. The summed E-state index contributed by atoms with van der Waals surface area (Å²) in [5.41, 5.74) is 7.66. The first-order valence-electron chi connectivity index (χ1n) is 14.0. The number of nitrogens with zero attached hydrogens (tertiary/aromatic N) is 2. The van der Waals surface area contributed by atoms with Crippen molar-refractivity contribution in [1.29, 1.82) is 0 Å². The summed E-state index contributed by atoms with van der Waals surface area (Å²) in [7, 11) is 0. The predicted molar refractivity (Wildman–Crippen MR) is 174 cm³/mol. The Morgan fingerprint density at radius 3 is 2.29 bits per heavy atom. The third kappa shape index (κ3) is 2.93. The quantitative estimate of drug-likeness (QED) is 0.213. The average Bonchev–Trinajstić information content (AvgIpc) is 3.80. The number of rotatable bonds is 2. The Balaban J connectivity index is 1.31. The highest BCUT2D eigenvalue weighted by molar-refractivity contribution is 7.26. The molecule has 4 aromatic heterocycles. The number of hydrogen-bond donors (Lipinski definition) is 0. The van der Waals surface area contributed by atoms with E-state index in [-0.39, 0.29) is 0 Å². The molecule has 10 rings (SSSR count). The van der Waals surface area contributed by atoms with Crippen LogP contribution in [0.2, 0.25) is 0 Å². The molecule has 0 atom stereocenters. The van der Waals surface area contributed by atoms with Crippen molar-refractivity contribution in [3.63, 3.8) is 0 Å². The minimum absolute atomic E-state index is 0.558. The second-order valence-corrected chi connectivity index (χ2v) is 11.8. The fourth-order valence-electron chi connectivity index (χ4n) is 6.57. The van der Waals surface area contributed by atoms with E-state index in [0.717, 1.165) is 55.2 Å². The molecule has 5 heteroatoms. The maximum Gasteiger partial charge on any atom is 0.307 e. The van der Waals surface area contributed by atoms with Gasteiger partial charge in [-0.2, -0.15) is 4.98 Å². The van der Waals surface area contributed by atoms with Crippen molar-refractivity contribution in [2.24, 2.45) is 0 Å². The van der Waals surface area contributed by atoms with Gasteiger partial charge in [0.15, 0.2) is 5.58 Å². The molecule has 4 nitrogen and oxygen atoms in total. The molecule has 42 heavy (non-hydrogen) atoms. The minimum Gasteiger partial charge on any atom is -0.456 e. The summed E-state index contributed by atoms with van der Waals surface area (Å²) in [6.45, 7) is 0. The highest BCUT2D eigenvalue weighted by Crippen LogP contribution is 2.44. The SMILES string of the molecule is c1ccc(-c2ccc3oc4ccc5nc(-n6c7ccccc7c7ccc8c9ccccc9sc8c76)oc5c4c3c2)cc1. The number of para-hydroxylation sites is 1. The first-order chi connectivity index (χ1) is 20.8. The van der Waals surface area contributed by atoms with Crippen molar-refractivity contribution in [3.05, 3.63) is 121 Å². The molecule has 0 bridgehead atoms. The van der Waals surface area contributed by atoms with Crippen LogP contribution in [0.5, 0.6) is 0 Å². The van der Waals surface area contributed by atoms with E-state index in [1.807, 2.05) is 35.6 Å². The lowest BCUT2D eigenvalue weighted by Crippen LogP contribution is -1.93. The van der Waals surface area contributed by atoms with Gasteiger partial charge in [-0.3, -0.25) is 4.57 Å². The van der Waals surface area contributed by atoms with Crippen LogP contribution < -0.4 is 0 Å². The molecular weight excluding hydrogens is 536 g/mol. The number of furan rings is 1. The molecule has 196 valence electrons. The van der Waals surface area contributed by atoms with Gasteiger partial charge < -0.3 is 8.83 Å². The molecule has 0 N–H and O–H groups in total. The van der Waals surface area contributed by atoms with Crippen molar-refractivity contribution in [2.45, 2.75) is 0 Å². The molecule has 0 aliphatic heterocycles. The normalized spacial score (nSPS) is 12.3. The summed E-state index contributed by atoms with van der Waals surface area (Å²) < 4.78 is 17.8. The molecule has 0 aliphatic carbocycles. The Labute approximate surface area is 242 Å². The lowest BCUT2D eigenvalue weighted by atomic mass is 10.0. The van der Waals surface area contributed by atoms with Crippen LogP contribution in [0.1, 0.15) is 0 Å². The van der Waals surface area contributed by atoms with E-state index in [0.29, 0.717) is 6.01 Å². The highest BCUT2D eigenvalue weighted by Gasteiger charge is 2.22. The van der Waals surface area contributed by atoms with Crippen molar-refractivity contribution in [3.8, 4) is 17.1 Å². The third-order valence-corrected chi connectivity index (χ3v) is 9.65. The fraction of sp³-hybridized carbons (Fsp3) is 0. The van der Waals surface area contributed by atoms with Gasteiger partial charge in [0.1, 0.15) is 16.7 Å². The number of fused-ring (bicyclic) bond motifs is 12. The molecule has 0 saturated carbocycles. The number of thiophene rings is 1. The molecule has 10 aromatic rings. The summed E-state index contributed by atoms with van der Waals surface area (Å²) in [6, 6.07) is 42.9. The molecule has 0 saturated heterocycles. The van der Waals surface area contributed by atoms with Crippen LogP contribution in [-0.2, 0) is 0 Å². The summed E-state index contributed by atoms with van der Waals surface area (Å²) in [5, 5.41) is 6.87. The Morgan fingerprint density at radius 2 is 1.36 bits per heavy atom. The topological polar surface area (TPSA) is 44.1 Å². The van der Waals surface area contributed by atoms with Gasteiger partial charge in [-0.15, -0.1) is 11.3 Å². The van der Waals surface area contributed by atoms with E-state index < -0.39 is 0 Å². The van der Waals surface area contributed by atoms with Crippen LogP contribution >= 0.6 is 11.3 Å².